The van der Waals surface area contributed by atoms with Crippen LogP contribution < -0.4 is 11.1 Å². The molecule has 0 saturated carbocycles. The molecular weight excluding hydrogens is 160 g/mol. The molecule has 1 aliphatic heterocycles. The summed E-state index contributed by atoms with van der Waals surface area (Å²) in [7, 11) is 0. The van der Waals surface area contributed by atoms with Crippen LogP contribution in [0.3, 0.4) is 0 Å². The molecule has 1 unspecified atom stereocenters. The Morgan fingerprint density at radius 1 is 1.54 bits per heavy atom. The Morgan fingerprint density at radius 2 is 2.38 bits per heavy atom. The quantitative estimate of drug-likeness (QED) is 0.717. The van der Waals surface area contributed by atoms with E-state index in [4.69, 9.17) is 5.73 Å². The van der Waals surface area contributed by atoms with Crippen LogP contribution in [0, 0.1) is 0 Å². The van der Waals surface area contributed by atoms with Crippen LogP contribution in [0.4, 0.5) is 5.69 Å². The molecule has 0 aromatic heterocycles. The van der Waals surface area contributed by atoms with E-state index in [1.807, 2.05) is 6.92 Å². The van der Waals surface area contributed by atoms with Crippen molar-refractivity contribution in [2.45, 2.75) is 25.8 Å². The number of nitrogens with one attached hydrogen (secondary N) is 1. The number of rotatable bonds is 2. The average Bonchev–Trinajstić information content (AvgIpc) is 2.49. The van der Waals surface area contributed by atoms with Crippen LogP contribution >= 0.6 is 0 Å². The fourth-order valence-corrected chi connectivity index (χ4v) is 1.84. The highest BCUT2D eigenvalue weighted by Gasteiger charge is 2.09. The first-order chi connectivity index (χ1) is 6.25. The van der Waals surface area contributed by atoms with Crippen molar-refractivity contribution in [3.63, 3.8) is 0 Å². The molecule has 2 heteroatoms. The van der Waals surface area contributed by atoms with E-state index in [1.54, 1.807) is 0 Å². The van der Waals surface area contributed by atoms with Crippen molar-refractivity contribution in [1.82, 2.24) is 0 Å². The van der Waals surface area contributed by atoms with Crippen molar-refractivity contribution in [3.05, 3.63) is 29.3 Å². The highest BCUT2D eigenvalue weighted by atomic mass is 14.9. The van der Waals surface area contributed by atoms with E-state index < -0.39 is 0 Å². The Labute approximate surface area is 79.1 Å². The predicted octanol–water partition coefficient (Wildman–Crippen LogP) is 1.54. The lowest BCUT2D eigenvalue weighted by atomic mass is 10.0. The Kier molecular flexibility index (Phi) is 2.23. The van der Waals surface area contributed by atoms with Crippen LogP contribution in [-0.2, 0) is 12.8 Å². The zero-order chi connectivity index (χ0) is 9.26. The molecule has 1 aromatic carbocycles. The van der Waals surface area contributed by atoms with E-state index in [2.05, 4.69) is 23.5 Å². The third kappa shape index (κ3) is 1.83. The summed E-state index contributed by atoms with van der Waals surface area (Å²) in [5.41, 5.74) is 9.83. The summed E-state index contributed by atoms with van der Waals surface area (Å²) in [5.74, 6) is 0. The predicted molar refractivity (Wildman–Crippen MR) is 56.0 cm³/mol. The Balaban J connectivity index is 2.21. The van der Waals surface area contributed by atoms with Gasteiger partial charge in [0.05, 0.1) is 0 Å². The van der Waals surface area contributed by atoms with Gasteiger partial charge in [0.2, 0.25) is 0 Å². The number of hydrogen-bond acceptors (Lipinski definition) is 2. The van der Waals surface area contributed by atoms with Gasteiger partial charge in [-0.2, -0.15) is 0 Å². The van der Waals surface area contributed by atoms with Crippen molar-refractivity contribution in [3.8, 4) is 0 Å². The van der Waals surface area contributed by atoms with Gasteiger partial charge in [0, 0.05) is 18.3 Å². The van der Waals surface area contributed by atoms with E-state index in [-0.39, 0.29) is 6.04 Å². The third-order valence-electron chi connectivity index (χ3n) is 2.44. The molecular formula is C11H16N2. The van der Waals surface area contributed by atoms with E-state index in [0.29, 0.717) is 0 Å². The van der Waals surface area contributed by atoms with Crippen LogP contribution in [0.25, 0.3) is 0 Å². The molecule has 2 rings (SSSR count). The lowest BCUT2D eigenvalue weighted by molar-refractivity contribution is 0.738. The molecule has 0 amide bonds. The highest BCUT2D eigenvalue weighted by molar-refractivity contribution is 5.57. The molecule has 1 aliphatic rings. The Hall–Kier alpha value is -1.02. The van der Waals surface area contributed by atoms with E-state index in [1.165, 1.54) is 16.8 Å². The van der Waals surface area contributed by atoms with Gasteiger partial charge in [-0.15, -0.1) is 0 Å². The molecule has 0 saturated heterocycles. The lowest BCUT2D eigenvalue weighted by Crippen LogP contribution is -2.17. The van der Waals surface area contributed by atoms with Gasteiger partial charge in [-0.25, -0.2) is 0 Å². The molecule has 1 heterocycles. The van der Waals surface area contributed by atoms with Gasteiger partial charge >= 0.3 is 0 Å². The topological polar surface area (TPSA) is 38.0 Å². The second-order valence-corrected chi connectivity index (χ2v) is 3.85. The zero-order valence-electron chi connectivity index (χ0n) is 8.01. The van der Waals surface area contributed by atoms with E-state index >= 15 is 0 Å². The van der Waals surface area contributed by atoms with Gasteiger partial charge in [0.25, 0.3) is 0 Å². The molecule has 13 heavy (non-hydrogen) atoms. The van der Waals surface area contributed by atoms with Gasteiger partial charge in [0.1, 0.15) is 0 Å². The molecule has 0 aliphatic carbocycles. The number of anilines is 1. The molecule has 70 valence electrons. The molecule has 1 aromatic rings. The fourth-order valence-electron chi connectivity index (χ4n) is 1.84. The van der Waals surface area contributed by atoms with Crippen molar-refractivity contribution < 1.29 is 0 Å². The normalized spacial score (nSPS) is 16.5. The maximum Gasteiger partial charge on any atom is 0.0376 e. The average molecular weight is 176 g/mol. The van der Waals surface area contributed by atoms with Crippen LogP contribution in [0.1, 0.15) is 18.1 Å². The number of benzene rings is 1. The van der Waals surface area contributed by atoms with Crippen molar-refractivity contribution in [2.24, 2.45) is 5.73 Å². The van der Waals surface area contributed by atoms with Gasteiger partial charge in [-0.05, 0) is 37.0 Å². The minimum atomic E-state index is 0.249. The molecule has 0 bridgehead atoms. The van der Waals surface area contributed by atoms with Crippen molar-refractivity contribution in [1.29, 1.82) is 0 Å². The van der Waals surface area contributed by atoms with Crippen LogP contribution in [-0.4, -0.2) is 12.6 Å². The van der Waals surface area contributed by atoms with E-state index in [9.17, 15) is 0 Å². The Bertz CT molecular complexity index is 305. The lowest BCUT2D eigenvalue weighted by Gasteiger charge is -2.07. The SMILES string of the molecule is CC(N)Cc1ccc2c(c1)NCC2. The third-order valence-corrected chi connectivity index (χ3v) is 2.44. The highest BCUT2D eigenvalue weighted by Crippen LogP contribution is 2.23. The molecule has 0 spiro atoms. The second kappa shape index (κ2) is 3.38. The largest absolute Gasteiger partial charge is 0.384 e. The first-order valence-corrected chi connectivity index (χ1v) is 4.87. The van der Waals surface area contributed by atoms with Gasteiger partial charge in [-0.3, -0.25) is 0 Å². The summed E-state index contributed by atoms with van der Waals surface area (Å²) in [5, 5.41) is 3.37. The molecule has 2 nitrogen and oxygen atoms in total. The molecule has 0 radical (unpaired) electrons. The van der Waals surface area contributed by atoms with Gasteiger partial charge < -0.3 is 11.1 Å². The van der Waals surface area contributed by atoms with Gasteiger partial charge in [0.15, 0.2) is 0 Å². The minimum absolute atomic E-state index is 0.249. The second-order valence-electron chi connectivity index (χ2n) is 3.85. The maximum atomic E-state index is 5.75. The number of nitrogens with two attached hydrogens (primary N) is 1. The molecule has 3 N–H and O–H groups in total. The Morgan fingerprint density at radius 3 is 3.15 bits per heavy atom. The fraction of sp³-hybridized carbons (Fsp3) is 0.455. The first kappa shape index (κ1) is 8.57. The zero-order valence-corrected chi connectivity index (χ0v) is 8.01. The monoisotopic (exact) mass is 176 g/mol. The van der Waals surface area contributed by atoms with Crippen molar-refractivity contribution in [2.75, 3.05) is 11.9 Å². The van der Waals surface area contributed by atoms with Crippen LogP contribution in [0.5, 0.6) is 0 Å². The first-order valence-electron chi connectivity index (χ1n) is 4.87. The number of fused-ring (bicyclic) bond motifs is 1. The summed E-state index contributed by atoms with van der Waals surface area (Å²) in [6.45, 7) is 3.12. The minimum Gasteiger partial charge on any atom is -0.384 e. The summed E-state index contributed by atoms with van der Waals surface area (Å²) in [6.07, 6.45) is 2.13. The smallest absolute Gasteiger partial charge is 0.0376 e. The summed E-state index contributed by atoms with van der Waals surface area (Å²) in [6, 6.07) is 6.88. The molecule has 0 fully saturated rings. The standard InChI is InChI=1S/C11H16N2/c1-8(12)6-9-2-3-10-4-5-13-11(10)7-9/h2-3,7-8,13H,4-6,12H2,1H3. The summed E-state index contributed by atoms with van der Waals surface area (Å²) in [4.78, 5) is 0. The summed E-state index contributed by atoms with van der Waals surface area (Å²) < 4.78 is 0. The van der Waals surface area contributed by atoms with E-state index in [0.717, 1.165) is 19.4 Å². The number of hydrogen-bond donors (Lipinski definition) is 2. The van der Waals surface area contributed by atoms with Gasteiger partial charge in [-0.1, -0.05) is 12.1 Å². The van der Waals surface area contributed by atoms with Crippen LogP contribution in [0.2, 0.25) is 0 Å². The van der Waals surface area contributed by atoms with Crippen LogP contribution in [0.15, 0.2) is 18.2 Å². The van der Waals surface area contributed by atoms with Crippen molar-refractivity contribution >= 4 is 5.69 Å². The summed E-state index contributed by atoms with van der Waals surface area (Å²) >= 11 is 0. The maximum absolute atomic E-state index is 5.75. The molecule has 1 atom stereocenters.